The van der Waals surface area contributed by atoms with Crippen molar-refractivity contribution in [2.45, 2.75) is 33.2 Å². The number of benzene rings is 1. The topological polar surface area (TPSA) is 97.2 Å². The number of para-hydroxylation sites is 1. The minimum Gasteiger partial charge on any atom is -0.494 e. The van der Waals surface area contributed by atoms with Crippen molar-refractivity contribution in [1.29, 1.82) is 0 Å². The number of aromatic nitrogens is 3. The Balaban J connectivity index is 2.08. The lowest BCUT2D eigenvalue weighted by Gasteiger charge is -2.36. The summed E-state index contributed by atoms with van der Waals surface area (Å²) < 4.78 is 7.51. The Hall–Kier alpha value is -3.09. The van der Waals surface area contributed by atoms with E-state index in [0.717, 1.165) is 16.6 Å². The van der Waals surface area contributed by atoms with Gasteiger partial charge in [-0.05, 0) is 29.2 Å². The van der Waals surface area contributed by atoms with Crippen LogP contribution >= 0.6 is 0 Å². The van der Waals surface area contributed by atoms with Gasteiger partial charge in [0.15, 0.2) is 5.82 Å². The molecule has 1 aliphatic rings. The van der Waals surface area contributed by atoms with Crippen LogP contribution in [0.4, 0.5) is 0 Å². The van der Waals surface area contributed by atoms with Crippen LogP contribution in [0.25, 0.3) is 22.6 Å². The number of carboxylic acid groups (broad SMARTS) is 1. The molecule has 0 amide bonds. The minimum atomic E-state index is -1.23. The van der Waals surface area contributed by atoms with Crippen LogP contribution in [0.2, 0.25) is 0 Å². The molecule has 27 heavy (non-hydrogen) atoms. The average molecular weight is 367 g/mol. The summed E-state index contributed by atoms with van der Waals surface area (Å²) in [4.78, 5) is 31.3. The molecule has 1 aromatic carbocycles. The molecule has 7 nitrogen and oxygen atoms in total. The Labute approximate surface area is 155 Å². The SMILES string of the molecule is COc1cccc2c1nc1n2C[C@H](C(C)(C)C)c2cc(C(=O)O)c(=O)[nH]c2-1. The number of hydrogen-bond acceptors (Lipinski definition) is 4. The lowest BCUT2D eigenvalue weighted by Crippen LogP contribution is -2.31. The standard InChI is InChI=1S/C20H21N3O4/c1-20(2,3)12-9-23-13-6-5-7-14(27-4)16(13)21-17(23)15-10(12)8-11(19(25)26)18(24)22-15/h5-8,12H,9H2,1-4H3,(H,22,24)(H,25,26)/t12-/m0/s1. The minimum absolute atomic E-state index is 0.0125. The van der Waals surface area contributed by atoms with Gasteiger partial charge in [-0.1, -0.05) is 26.8 Å². The van der Waals surface area contributed by atoms with E-state index >= 15 is 0 Å². The van der Waals surface area contributed by atoms with E-state index in [0.29, 0.717) is 23.8 Å². The number of methoxy groups -OCH3 is 1. The Morgan fingerprint density at radius 1 is 1.37 bits per heavy atom. The summed E-state index contributed by atoms with van der Waals surface area (Å²) in [6.45, 7) is 6.97. The Kier molecular flexibility index (Phi) is 3.66. The summed E-state index contributed by atoms with van der Waals surface area (Å²) in [5.74, 6) is 0.0674. The Morgan fingerprint density at radius 2 is 2.11 bits per heavy atom. The summed E-state index contributed by atoms with van der Waals surface area (Å²) in [6, 6.07) is 7.24. The predicted octanol–water partition coefficient (Wildman–Crippen LogP) is 3.24. The van der Waals surface area contributed by atoms with E-state index in [-0.39, 0.29) is 16.9 Å². The van der Waals surface area contributed by atoms with E-state index in [9.17, 15) is 14.7 Å². The van der Waals surface area contributed by atoms with Crippen LogP contribution in [0.5, 0.6) is 5.75 Å². The van der Waals surface area contributed by atoms with Crippen LogP contribution in [-0.4, -0.2) is 32.7 Å². The maximum atomic E-state index is 12.3. The number of nitrogens with zero attached hydrogens (tertiary/aromatic N) is 2. The molecule has 3 aromatic rings. The molecule has 0 aliphatic carbocycles. The number of aromatic carboxylic acids is 1. The van der Waals surface area contributed by atoms with Crippen LogP contribution < -0.4 is 10.3 Å². The smallest absolute Gasteiger partial charge is 0.341 e. The third-order valence-electron chi connectivity index (χ3n) is 5.27. The summed E-state index contributed by atoms with van der Waals surface area (Å²) >= 11 is 0. The highest BCUT2D eigenvalue weighted by atomic mass is 16.5. The predicted molar refractivity (Wildman–Crippen MR) is 101 cm³/mol. The molecule has 1 atom stereocenters. The second kappa shape index (κ2) is 5.70. The summed E-state index contributed by atoms with van der Waals surface area (Å²) in [5.41, 5.74) is 2.02. The first-order chi connectivity index (χ1) is 12.7. The average Bonchev–Trinajstić information content (AvgIpc) is 2.98. The molecule has 2 aromatic heterocycles. The molecule has 0 unspecified atom stereocenters. The van der Waals surface area contributed by atoms with Gasteiger partial charge in [0.2, 0.25) is 0 Å². The number of aromatic amines is 1. The van der Waals surface area contributed by atoms with Crippen LogP contribution in [0.15, 0.2) is 29.1 Å². The lowest BCUT2D eigenvalue weighted by molar-refractivity contribution is 0.0694. The number of hydrogen-bond donors (Lipinski definition) is 2. The first-order valence-electron chi connectivity index (χ1n) is 8.76. The van der Waals surface area contributed by atoms with E-state index < -0.39 is 11.5 Å². The fourth-order valence-electron chi connectivity index (χ4n) is 3.85. The number of pyridine rings is 1. The van der Waals surface area contributed by atoms with Crippen LogP contribution in [0.1, 0.15) is 42.6 Å². The highest BCUT2D eigenvalue weighted by molar-refractivity contribution is 5.89. The number of ether oxygens (including phenoxy) is 1. The zero-order valence-electron chi connectivity index (χ0n) is 15.7. The largest absolute Gasteiger partial charge is 0.494 e. The molecular weight excluding hydrogens is 346 g/mol. The van der Waals surface area contributed by atoms with Crippen molar-refractivity contribution in [3.05, 3.63) is 45.7 Å². The van der Waals surface area contributed by atoms with Gasteiger partial charge >= 0.3 is 5.97 Å². The quantitative estimate of drug-likeness (QED) is 0.725. The number of rotatable bonds is 2. The Morgan fingerprint density at radius 3 is 2.74 bits per heavy atom. The molecule has 0 saturated carbocycles. The summed E-state index contributed by atoms with van der Waals surface area (Å²) in [6.07, 6.45) is 0. The van der Waals surface area contributed by atoms with Gasteiger partial charge in [-0.25, -0.2) is 9.78 Å². The van der Waals surface area contributed by atoms with E-state index in [1.807, 2.05) is 18.2 Å². The molecule has 3 heterocycles. The van der Waals surface area contributed by atoms with Crippen molar-refractivity contribution < 1.29 is 14.6 Å². The molecule has 0 saturated heterocycles. The van der Waals surface area contributed by atoms with Gasteiger partial charge < -0.3 is 19.4 Å². The highest BCUT2D eigenvalue weighted by Crippen LogP contribution is 2.45. The number of carbonyl (C=O) groups is 1. The number of carboxylic acids is 1. The van der Waals surface area contributed by atoms with Crippen LogP contribution in [-0.2, 0) is 6.54 Å². The molecule has 0 radical (unpaired) electrons. The normalized spacial score (nSPS) is 16.1. The van der Waals surface area contributed by atoms with Crippen molar-refractivity contribution >= 4 is 17.0 Å². The number of nitrogens with one attached hydrogen (secondary N) is 1. The highest BCUT2D eigenvalue weighted by Gasteiger charge is 2.36. The molecule has 0 bridgehead atoms. The van der Waals surface area contributed by atoms with E-state index in [1.165, 1.54) is 6.07 Å². The molecular formula is C20H21N3O4. The van der Waals surface area contributed by atoms with E-state index in [1.54, 1.807) is 7.11 Å². The molecule has 1 aliphatic heterocycles. The summed E-state index contributed by atoms with van der Waals surface area (Å²) in [7, 11) is 1.60. The second-order valence-electron chi connectivity index (χ2n) is 7.94. The van der Waals surface area contributed by atoms with Crippen molar-refractivity contribution in [2.75, 3.05) is 7.11 Å². The van der Waals surface area contributed by atoms with Crippen molar-refractivity contribution in [3.63, 3.8) is 0 Å². The monoisotopic (exact) mass is 367 g/mol. The molecule has 140 valence electrons. The van der Waals surface area contributed by atoms with Crippen molar-refractivity contribution in [2.24, 2.45) is 5.41 Å². The number of imidazole rings is 1. The maximum Gasteiger partial charge on any atom is 0.341 e. The van der Waals surface area contributed by atoms with Gasteiger partial charge in [-0.3, -0.25) is 4.79 Å². The van der Waals surface area contributed by atoms with Gasteiger partial charge in [0.05, 0.1) is 18.3 Å². The van der Waals surface area contributed by atoms with Crippen LogP contribution in [0, 0.1) is 5.41 Å². The third-order valence-corrected chi connectivity index (χ3v) is 5.27. The fraction of sp³-hybridized carbons (Fsp3) is 0.350. The first-order valence-corrected chi connectivity index (χ1v) is 8.76. The van der Waals surface area contributed by atoms with Crippen molar-refractivity contribution in [3.8, 4) is 17.3 Å². The van der Waals surface area contributed by atoms with Crippen LogP contribution in [0.3, 0.4) is 0 Å². The molecule has 4 rings (SSSR count). The zero-order chi connectivity index (χ0) is 19.5. The molecule has 2 N–H and O–H groups in total. The third kappa shape index (κ3) is 2.53. The zero-order valence-corrected chi connectivity index (χ0v) is 15.7. The second-order valence-corrected chi connectivity index (χ2v) is 7.94. The van der Waals surface area contributed by atoms with Gasteiger partial charge in [0, 0.05) is 12.5 Å². The van der Waals surface area contributed by atoms with Crippen molar-refractivity contribution in [1.82, 2.24) is 14.5 Å². The fourth-order valence-corrected chi connectivity index (χ4v) is 3.85. The first kappa shape index (κ1) is 17.3. The number of fused-ring (bicyclic) bond motifs is 5. The van der Waals surface area contributed by atoms with E-state index in [2.05, 4.69) is 30.3 Å². The van der Waals surface area contributed by atoms with Gasteiger partial charge in [-0.15, -0.1) is 0 Å². The van der Waals surface area contributed by atoms with Gasteiger partial charge in [0.1, 0.15) is 16.8 Å². The molecule has 0 fully saturated rings. The molecule has 7 heteroatoms. The lowest BCUT2D eigenvalue weighted by atomic mass is 9.74. The van der Waals surface area contributed by atoms with E-state index in [4.69, 9.17) is 9.72 Å². The number of H-pyrrole nitrogens is 1. The molecule has 0 spiro atoms. The summed E-state index contributed by atoms with van der Waals surface area (Å²) in [5, 5.41) is 9.38. The van der Waals surface area contributed by atoms with Gasteiger partial charge in [0.25, 0.3) is 5.56 Å². The Bertz CT molecular complexity index is 1130. The maximum absolute atomic E-state index is 12.3. The van der Waals surface area contributed by atoms with Gasteiger partial charge in [-0.2, -0.15) is 0 Å².